The summed E-state index contributed by atoms with van der Waals surface area (Å²) in [6, 6.07) is 6.92. The molecule has 2 aromatic rings. The minimum Gasteiger partial charge on any atom is -0.467 e. The van der Waals surface area contributed by atoms with Crippen molar-refractivity contribution in [2.75, 3.05) is 25.1 Å². The first-order chi connectivity index (χ1) is 12.4. The second-order valence-corrected chi connectivity index (χ2v) is 8.19. The molecule has 1 saturated heterocycles. The van der Waals surface area contributed by atoms with Crippen molar-refractivity contribution in [2.45, 2.75) is 25.1 Å². The summed E-state index contributed by atoms with van der Waals surface area (Å²) in [6.45, 7) is 1.70. The van der Waals surface area contributed by atoms with Crippen LogP contribution in [0.4, 0.5) is 5.95 Å². The molecule has 0 unspecified atom stereocenters. The fourth-order valence-corrected chi connectivity index (χ4v) is 3.97. The monoisotopic (exact) mass is 397 g/mol. The third-order valence-electron chi connectivity index (χ3n) is 3.92. The Bertz CT molecular complexity index is 872. The minimum absolute atomic E-state index is 0.0391. The highest BCUT2D eigenvalue weighted by atomic mass is 35.5. The van der Waals surface area contributed by atoms with Crippen molar-refractivity contribution >= 4 is 27.6 Å². The van der Waals surface area contributed by atoms with Gasteiger partial charge in [0.1, 0.15) is 0 Å². The van der Waals surface area contributed by atoms with Gasteiger partial charge in [-0.15, -0.1) is 0 Å². The highest BCUT2D eigenvalue weighted by Crippen LogP contribution is 2.18. The van der Waals surface area contributed by atoms with Crippen LogP contribution in [0, 0.1) is 0 Å². The first kappa shape index (κ1) is 18.8. The maximum Gasteiger partial charge on any atom is 0.321 e. The van der Waals surface area contributed by atoms with Crippen molar-refractivity contribution in [1.82, 2.24) is 19.7 Å². The van der Waals surface area contributed by atoms with E-state index in [9.17, 15) is 8.42 Å². The van der Waals surface area contributed by atoms with E-state index in [-0.39, 0.29) is 18.3 Å². The molecule has 2 heterocycles. The molecule has 140 valence electrons. The average Bonchev–Trinajstić information content (AvgIpc) is 3.14. The average molecular weight is 398 g/mol. The Hall–Kier alpha value is -1.97. The molecule has 1 aliphatic rings. The number of nitrogens with zero attached hydrogens (tertiary/aromatic N) is 4. The highest BCUT2D eigenvalue weighted by molar-refractivity contribution is 7.88. The van der Waals surface area contributed by atoms with Gasteiger partial charge < -0.3 is 9.64 Å². The summed E-state index contributed by atoms with van der Waals surface area (Å²) < 4.78 is 32.3. The number of methoxy groups -OCH3 is 1. The molecule has 0 aliphatic carbocycles. The van der Waals surface area contributed by atoms with Gasteiger partial charge in [-0.3, -0.25) is 0 Å². The van der Waals surface area contributed by atoms with Gasteiger partial charge >= 0.3 is 6.01 Å². The van der Waals surface area contributed by atoms with E-state index in [1.807, 2.05) is 4.90 Å². The molecule has 26 heavy (non-hydrogen) atoms. The predicted octanol–water partition coefficient (Wildman–Crippen LogP) is 1.75. The van der Waals surface area contributed by atoms with E-state index >= 15 is 0 Å². The fraction of sp³-hybridized carbons (Fsp3) is 0.438. The Morgan fingerprint density at radius 2 is 2.00 bits per heavy atom. The lowest BCUT2D eigenvalue weighted by atomic mass is 10.2. The number of hydrogen-bond acceptors (Lipinski definition) is 7. The number of nitrogens with one attached hydrogen (secondary N) is 1. The standard InChI is InChI=1S/C16H20ClN5O3S/c1-25-16-20-14(19-15(21-16)22-7-2-3-8-22)10-18-26(23,24)11-12-5-4-6-13(17)9-12/h4-6,9,18H,2-3,7-8,10-11H2,1H3. The third-order valence-corrected chi connectivity index (χ3v) is 5.45. The molecule has 0 amide bonds. The molecule has 10 heteroatoms. The van der Waals surface area contributed by atoms with Gasteiger partial charge in [0.05, 0.1) is 19.4 Å². The summed E-state index contributed by atoms with van der Waals surface area (Å²) in [5.74, 6) is 0.654. The second-order valence-electron chi connectivity index (χ2n) is 5.94. The van der Waals surface area contributed by atoms with E-state index in [0.717, 1.165) is 25.9 Å². The maximum atomic E-state index is 12.3. The van der Waals surface area contributed by atoms with Crippen LogP contribution >= 0.6 is 11.6 Å². The van der Waals surface area contributed by atoms with Gasteiger partial charge in [-0.25, -0.2) is 13.1 Å². The zero-order valence-corrected chi connectivity index (χ0v) is 15.9. The smallest absolute Gasteiger partial charge is 0.321 e. The molecule has 0 radical (unpaired) electrons. The molecular weight excluding hydrogens is 378 g/mol. The zero-order chi connectivity index (χ0) is 18.6. The number of anilines is 1. The van der Waals surface area contributed by atoms with Gasteiger partial charge in [-0.1, -0.05) is 23.7 Å². The lowest BCUT2D eigenvalue weighted by Gasteiger charge is -2.16. The van der Waals surface area contributed by atoms with Crippen molar-refractivity contribution in [3.05, 3.63) is 40.7 Å². The highest BCUT2D eigenvalue weighted by Gasteiger charge is 2.19. The van der Waals surface area contributed by atoms with Crippen molar-refractivity contribution in [3.8, 4) is 6.01 Å². The number of halogens is 1. The number of ether oxygens (including phenoxy) is 1. The summed E-state index contributed by atoms with van der Waals surface area (Å²) >= 11 is 5.90. The predicted molar refractivity (Wildman–Crippen MR) is 98.7 cm³/mol. The summed E-state index contributed by atoms with van der Waals surface area (Å²) in [6.07, 6.45) is 2.16. The summed E-state index contributed by atoms with van der Waals surface area (Å²) in [5, 5.41) is 0.496. The zero-order valence-electron chi connectivity index (χ0n) is 14.4. The van der Waals surface area contributed by atoms with E-state index in [1.54, 1.807) is 24.3 Å². The largest absolute Gasteiger partial charge is 0.467 e. The molecule has 1 aliphatic heterocycles. The molecule has 1 aromatic carbocycles. The summed E-state index contributed by atoms with van der Waals surface area (Å²) in [4.78, 5) is 14.8. The Labute approximate surface area is 157 Å². The van der Waals surface area contributed by atoms with Crippen LogP contribution < -0.4 is 14.4 Å². The van der Waals surface area contributed by atoms with Crippen LogP contribution in [-0.2, 0) is 22.3 Å². The molecule has 0 bridgehead atoms. The van der Waals surface area contributed by atoms with Gasteiger partial charge in [-0.05, 0) is 30.5 Å². The Balaban J connectivity index is 1.70. The van der Waals surface area contributed by atoms with E-state index < -0.39 is 10.0 Å². The van der Waals surface area contributed by atoms with Crippen LogP contribution in [0.15, 0.2) is 24.3 Å². The summed E-state index contributed by atoms with van der Waals surface area (Å²) in [5.41, 5.74) is 0.607. The molecule has 3 rings (SSSR count). The summed E-state index contributed by atoms with van der Waals surface area (Å²) in [7, 11) is -2.10. The van der Waals surface area contributed by atoms with Crippen molar-refractivity contribution in [2.24, 2.45) is 0 Å². The Morgan fingerprint density at radius 3 is 2.69 bits per heavy atom. The van der Waals surface area contributed by atoms with Crippen LogP contribution in [0.2, 0.25) is 5.02 Å². The van der Waals surface area contributed by atoms with Crippen LogP contribution in [-0.4, -0.2) is 43.6 Å². The van der Waals surface area contributed by atoms with E-state index in [4.69, 9.17) is 16.3 Å². The lowest BCUT2D eigenvalue weighted by Crippen LogP contribution is -2.27. The minimum atomic E-state index is -3.56. The number of benzene rings is 1. The molecule has 1 N–H and O–H groups in total. The number of rotatable bonds is 7. The molecule has 1 aromatic heterocycles. The van der Waals surface area contributed by atoms with Gasteiger partial charge in [0.2, 0.25) is 16.0 Å². The Morgan fingerprint density at radius 1 is 1.23 bits per heavy atom. The molecule has 0 saturated carbocycles. The molecule has 8 nitrogen and oxygen atoms in total. The van der Waals surface area contributed by atoms with Gasteiger partial charge in [0.25, 0.3) is 0 Å². The van der Waals surface area contributed by atoms with Crippen molar-refractivity contribution in [1.29, 1.82) is 0 Å². The van der Waals surface area contributed by atoms with E-state index in [1.165, 1.54) is 7.11 Å². The maximum absolute atomic E-state index is 12.3. The van der Waals surface area contributed by atoms with Crippen molar-refractivity contribution in [3.63, 3.8) is 0 Å². The first-order valence-electron chi connectivity index (χ1n) is 8.21. The molecule has 0 atom stereocenters. The number of sulfonamides is 1. The van der Waals surface area contributed by atoms with Crippen LogP contribution in [0.5, 0.6) is 6.01 Å². The normalized spacial score (nSPS) is 14.6. The third kappa shape index (κ3) is 5.03. The number of aromatic nitrogens is 3. The molecule has 1 fully saturated rings. The van der Waals surface area contributed by atoms with Gasteiger partial charge in [0.15, 0.2) is 5.82 Å². The van der Waals surface area contributed by atoms with Crippen LogP contribution in [0.25, 0.3) is 0 Å². The SMILES string of the molecule is COc1nc(CNS(=O)(=O)Cc2cccc(Cl)c2)nc(N2CCCC2)n1. The number of hydrogen-bond donors (Lipinski definition) is 1. The van der Waals surface area contributed by atoms with Crippen LogP contribution in [0.1, 0.15) is 24.2 Å². The first-order valence-corrected chi connectivity index (χ1v) is 10.2. The fourth-order valence-electron chi connectivity index (χ4n) is 2.69. The van der Waals surface area contributed by atoms with E-state index in [0.29, 0.717) is 22.4 Å². The van der Waals surface area contributed by atoms with E-state index in [2.05, 4.69) is 19.7 Å². The van der Waals surface area contributed by atoms with Crippen molar-refractivity contribution < 1.29 is 13.2 Å². The Kier molecular flexibility index (Phi) is 5.90. The topological polar surface area (TPSA) is 97.3 Å². The quantitative estimate of drug-likeness (QED) is 0.760. The lowest BCUT2D eigenvalue weighted by molar-refractivity contribution is 0.375. The second kappa shape index (κ2) is 8.15. The molecular formula is C16H20ClN5O3S. The van der Waals surface area contributed by atoms with Gasteiger partial charge in [0, 0.05) is 18.1 Å². The molecule has 0 spiro atoms. The van der Waals surface area contributed by atoms with Gasteiger partial charge in [-0.2, -0.15) is 15.0 Å². The van der Waals surface area contributed by atoms with Crippen LogP contribution in [0.3, 0.4) is 0 Å².